The highest BCUT2D eigenvalue weighted by atomic mass is 32.2. The molecule has 1 aliphatic heterocycles. The summed E-state index contributed by atoms with van der Waals surface area (Å²) in [5, 5.41) is 0.522. The largest absolute Gasteiger partial charge is 0.494 e. The lowest BCUT2D eigenvalue weighted by atomic mass is 10.0. The van der Waals surface area contributed by atoms with Gasteiger partial charge in [-0.2, -0.15) is 4.31 Å². The third kappa shape index (κ3) is 5.16. The molecule has 4 aromatic rings. The van der Waals surface area contributed by atoms with Crippen LogP contribution >= 0.6 is 11.3 Å². The van der Waals surface area contributed by atoms with Gasteiger partial charge in [-0.15, -0.1) is 0 Å². The molecular weight excluding hydrogens is 520 g/mol. The number of amides is 1. The number of aromatic nitrogens is 2. The fourth-order valence-electron chi connectivity index (χ4n) is 4.85. The van der Waals surface area contributed by atoms with E-state index in [1.165, 1.54) is 23.5 Å². The van der Waals surface area contributed by atoms with Crippen LogP contribution < -0.4 is 9.64 Å². The lowest BCUT2D eigenvalue weighted by molar-refractivity contribution is 0.0985. The number of piperidine rings is 1. The van der Waals surface area contributed by atoms with Crippen LogP contribution in [0.25, 0.3) is 10.2 Å². The molecule has 2 aromatic heterocycles. The fraction of sp³-hybridized carbons (Fsp3) is 0.321. The molecule has 8 nitrogen and oxygen atoms in total. The number of anilines is 1. The number of carbonyl (C=O) groups excluding carboxylic acids is 1. The molecule has 0 radical (unpaired) electrons. The van der Waals surface area contributed by atoms with Gasteiger partial charge in [0, 0.05) is 30.5 Å². The third-order valence-corrected chi connectivity index (χ3v) is 9.89. The molecule has 38 heavy (non-hydrogen) atoms. The van der Waals surface area contributed by atoms with Crippen molar-refractivity contribution in [2.24, 2.45) is 0 Å². The van der Waals surface area contributed by atoms with Gasteiger partial charge in [-0.1, -0.05) is 36.8 Å². The van der Waals surface area contributed by atoms with Crippen molar-refractivity contribution in [2.75, 3.05) is 18.6 Å². The highest BCUT2D eigenvalue weighted by Gasteiger charge is 2.32. The van der Waals surface area contributed by atoms with Gasteiger partial charge in [-0.3, -0.25) is 14.7 Å². The van der Waals surface area contributed by atoms with E-state index in [-0.39, 0.29) is 23.4 Å². The number of rotatable bonds is 8. The number of pyridine rings is 1. The summed E-state index contributed by atoms with van der Waals surface area (Å²) < 4.78 is 34.8. The zero-order valence-electron chi connectivity index (χ0n) is 21.4. The first-order valence-electron chi connectivity index (χ1n) is 12.7. The summed E-state index contributed by atoms with van der Waals surface area (Å²) in [6, 6.07) is 15.7. The summed E-state index contributed by atoms with van der Waals surface area (Å²) in [6.45, 7) is 2.82. The smallest absolute Gasteiger partial charge is 0.260 e. The van der Waals surface area contributed by atoms with Gasteiger partial charge in [0.15, 0.2) is 5.13 Å². The average molecular weight is 551 g/mol. The molecule has 3 heterocycles. The van der Waals surface area contributed by atoms with Crippen molar-refractivity contribution in [1.82, 2.24) is 14.3 Å². The van der Waals surface area contributed by atoms with E-state index < -0.39 is 10.0 Å². The van der Waals surface area contributed by atoms with E-state index in [2.05, 4.69) is 4.98 Å². The molecule has 0 saturated carbocycles. The Kier molecular flexibility index (Phi) is 7.73. The van der Waals surface area contributed by atoms with Crippen molar-refractivity contribution in [2.45, 2.75) is 50.1 Å². The summed E-state index contributed by atoms with van der Waals surface area (Å²) in [7, 11) is -2.04. The Morgan fingerprint density at radius 1 is 1.13 bits per heavy atom. The number of hydrogen-bond donors (Lipinski definition) is 0. The van der Waals surface area contributed by atoms with Crippen molar-refractivity contribution in [1.29, 1.82) is 0 Å². The lowest BCUT2D eigenvalue weighted by Crippen LogP contribution is -2.43. The van der Waals surface area contributed by atoms with Crippen molar-refractivity contribution in [3.05, 3.63) is 78.1 Å². The Labute approximate surface area is 227 Å². The predicted octanol–water partition coefficient (Wildman–Crippen LogP) is 5.50. The number of carbonyl (C=O) groups is 1. The van der Waals surface area contributed by atoms with Gasteiger partial charge in [0.25, 0.3) is 5.91 Å². The van der Waals surface area contributed by atoms with Gasteiger partial charge in [0.1, 0.15) is 11.3 Å². The van der Waals surface area contributed by atoms with Gasteiger partial charge in [-0.05, 0) is 67.3 Å². The summed E-state index contributed by atoms with van der Waals surface area (Å²) in [4.78, 5) is 24.6. The number of methoxy groups -OCH3 is 1. The molecule has 1 saturated heterocycles. The van der Waals surface area contributed by atoms with E-state index in [0.29, 0.717) is 28.5 Å². The van der Waals surface area contributed by atoms with E-state index in [0.717, 1.165) is 35.9 Å². The van der Waals surface area contributed by atoms with Gasteiger partial charge in [0.2, 0.25) is 10.0 Å². The number of thiazole rings is 1. The van der Waals surface area contributed by atoms with Crippen LogP contribution in [0, 0.1) is 0 Å². The van der Waals surface area contributed by atoms with Crippen LogP contribution in [0.5, 0.6) is 5.75 Å². The second kappa shape index (κ2) is 11.2. The number of hydrogen-bond acceptors (Lipinski definition) is 7. The van der Waals surface area contributed by atoms with Crippen molar-refractivity contribution >= 4 is 42.6 Å². The molecule has 10 heteroatoms. The number of nitrogens with zero attached hydrogens (tertiary/aromatic N) is 4. The quantitative estimate of drug-likeness (QED) is 0.288. The first kappa shape index (κ1) is 26.3. The molecule has 0 aliphatic carbocycles. The van der Waals surface area contributed by atoms with Crippen LogP contribution in [0.4, 0.5) is 5.13 Å². The van der Waals surface area contributed by atoms with E-state index in [1.807, 2.05) is 37.3 Å². The Bertz CT molecular complexity index is 1520. The first-order chi connectivity index (χ1) is 18.4. The second-order valence-electron chi connectivity index (χ2n) is 9.25. The molecule has 1 aliphatic rings. The molecule has 5 rings (SSSR count). The highest BCUT2D eigenvalue weighted by Crippen LogP contribution is 2.35. The molecule has 2 aromatic carbocycles. The number of para-hydroxylation sites is 1. The minimum absolute atomic E-state index is 0.0149. The molecule has 1 amide bonds. The summed E-state index contributed by atoms with van der Waals surface area (Å²) >= 11 is 1.40. The van der Waals surface area contributed by atoms with Crippen LogP contribution in [-0.4, -0.2) is 48.3 Å². The van der Waals surface area contributed by atoms with E-state index in [4.69, 9.17) is 9.72 Å². The van der Waals surface area contributed by atoms with Crippen LogP contribution in [0.1, 0.15) is 48.5 Å². The maximum absolute atomic E-state index is 13.8. The summed E-state index contributed by atoms with van der Waals surface area (Å²) in [5.41, 5.74) is 1.92. The standard InChI is InChI=1S/C28H30N4O4S2/c1-3-22-9-4-5-17-32(22)38(34,35)23-14-12-21(13-15-23)27(33)31(19-20-8-7-16-29-18-20)28-30-26-24(36-2)10-6-11-25(26)37-28/h6-8,10-16,18,22H,3-5,9,17,19H2,1-2H3. The van der Waals surface area contributed by atoms with Gasteiger partial charge < -0.3 is 4.74 Å². The Balaban J connectivity index is 1.48. The van der Waals surface area contributed by atoms with E-state index >= 15 is 0 Å². The Morgan fingerprint density at radius 2 is 1.95 bits per heavy atom. The zero-order valence-corrected chi connectivity index (χ0v) is 23.0. The second-order valence-corrected chi connectivity index (χ2v) is 12.2. The number of benzene rings is 2. The molecule has 1 unspecified atom stereocenters. The predicted molar refractivity (Wildman–Crippen MR) is 149 cm³/mol. The number of ether oxygens (including phenoxy) is 1. The van der Waals surface area contributed by atoms with Gasteiger partial charge >= 0.3 is 0 Å². The molecule has 198 valence electrons. The van der Waals surface area contributed by atoms with Gasteiger partial charge in [0.05, 0.1) is 23.2 Å². The zero-order chi connectivity index (χ0) is 26.7. The minimum Gasteiger partial charge on any atom is -0.494 e. The number of fused-ring (bicyclic) bond motifs is 1. The van der Waals surface area contributed by atoms with Crippen LogP contribution in [0.3, 0.4) is 0 Å². The molecule has 1 fully saturated rings. The number of sulfonamides is 1. The van der Waals surface area contributed by atoms with E-state index in [9.17, 15) is 13.2 Å². The lowest BCUT2D eigenvalue weighted by Gasteiger charge is -2.34. The topological polar surface area (TPSA) is 92.7 Å². The SMILES string of the molecule is CCC1CCCCN1S(=O)(=O)c1ccc(C(=O)N(Cc2cccnc2)c2nc3c(OC)cccc3s2)cc1. The minimum atomic E-state index is -3.64. The van der Waals surface area contributed by atoms with Crippen molar-refractivity contribution in [3.63, 3.8) is 0 Å². The monoisotopic (exact) mass is 550 g/mol. The summed E-state index contributed by atoms with van der Waals surface area (Å²) in [5.74, 6) is 0.358. The maximum atomic E-state index is 13.8. The average Bonchev–Trinajstić information content (AvgIpc) is 3.40. The highest BCUT2D eigenvalue weighted by molar-refractivity contribution is 7.89. The van der Waals surface area contributed by atoms with Crippen LogP contribution in [0.15, 0.2) is 71.9 Å². The first-order valence-corrected chi connectivity index (χ1v) is 14.9. The third-order valence-electron chi connectivity index (χ3n) is 6.88. The van der Waals surface area contributed by atoms with Crippen molar-refractivity contribution in [3.8, 4) is 5.75 Å². The Morgan fingerprint density at radius 3 is 2.66 bits per heavy atom. The summed E-state index contributed by atoms with van der Waals surface area (Å²) in [6.07, 6.45) is 6.97. The van der Waals surface area contributed by atoms with Gasteiger partial charge in [-0.25, -0.2) is 13.4 Å². The van der Waals surface area contributed by atoms with Crippen molar-refractivity contribution < 1.29 is 17.9 Å². The van der Waals surface area contributed by atoms with E-state index in [1.54, 1.807) is 40.8 Å². The molecule has 0 spiro atoms. The molecule has 1 atom stereocenters. The normalized spacial score (nSPS) is 16.4. The molecule has 0 N–H and O–H groups in total. The molecular formula is C28H30N4O4S2. The van der Waals surface area contributed by atoms with Crippen LogP contribution in [0.2, 0.25) is 0 Å². The Hall–Kier alpha value is -3.34. The van der Waals surface area contributed by atoms with Crippen LogP contribution in [-0.2, 0) is 16.6 Å². The fourth-order valence-corrected chi connectivity index (χ4v) is 7.60. The molecule has 0 bridgehead atoms. The maximum Gasteiger partial charge on any atom is 0.260 e.